The Labute approximate surface area is 69.8 Å². The van der Waals surface area contributed by atoms with Crippen molar-refractivity contribution < 1.29 is 5.11 Å². The van der Waals surface area contributed by atoms with Gasteiger partial charge in [0.15, 0.2) is 0 Å². The molecular formula is C10H20O. The predicted molar refractivity (Wildman–Crippen MR) is 47.4 cm³/mol. The molecule has 0 bridgehead atoms. The van der Waals surface area contributed by atoms with Gasteiger partial charge in [-0.1, -0.05) is 27.2 Å². The van der Waals surface area contributed by atoms with Crippen molar-refractivity contribution in [3.63, 3.8) is 0 Å². The fourth-order valence-corrected chi connectivity index (χ4v) is 2.06. The molecule has 0 saturated heterocycles. The molecule has 0 spiro atoms. The van der Waals surface area contributed by atoms with Crippen LogP contribution >= 0.6 is 0 Å². The Morgan fingerprint density at radius 3 is 2.36 bits per heavy atom. The van der Waals surface area contributed by atoms with Crippen LogP contribution in [0.3, 0.4) is 0 Å². The van der Waals surface area contributed by atoms with Gasteiger partial charge < -0.3 is 5.11 Å². The quantitative estimate of drug-likeness (QED) is 0.666. The van der Waals surface area contributed by atoms with E-state index in [1.54, 1.807) is 0 Å². The van der Waals surface area contributed by atoms with Crippen LogP contribution in [-0.2, 0) is 0 Å². The summed E-state index contributed by atoms with van der Waals surface area (Å²) in [7, 11) is 0. The largest absolute Gasteiger partial charge is 0.390 e. The maximum Gasteiger partial charge on any atom is 0.0653 e. The van der Waals surface area contributed by atoms with E-state index in [2.05, 4.69) is 20.8 Å². The lowest BCUT2D eigenvalue weighted by molar-refractivity contribution is -0.0926. The van der Waals surface area contributed by atoms with Crippen molar-refractivity contribution in [3.05, 3.63) is 0 Å². The summed E-state index contributed by atoms with van der Waals surface area (Å²) in [4.78, 5) is 0. The lowest BCUT2D eigenvalue weighted by Crippen LogP contribution is -2.45. The molecule has 11 heavy (non-hydrogen) atoms. The third-order valence-corrected chi connectivity index (χ3v) is 2.94. The molecule has 1 rings (SSSR count). The second kappa shape index (κ2) is 3.14. The fourth-order valence-electron chi connectivity index (χ4n) is 2.06. The van der Waals surface area contributed by atoms with E-state index in [-0.39, 0.29) is 5.60 Å². The molecule has 1 heteroatoms. The lowest BCUT2D eigenvalue weighted by Gasteiger charge is -2.45. The van der Waals surface area contributed by atoms with Gasteiger partial charge in [-0.2, -0.15) is 0 Å². The summed E-state index contributed by atoms with van der Waals surface area (Å²) in [5.41, 5.74) is -0.274. The molecule has 0 aromatic rings. The number of hydrogen-bond donors (Lipinski definition) is 1. The predicted octanol–water partition coefficient (Wildman–Crippen LogP) is 2.58. The van der Waals surface area contributed by atoms with Crippen LogP contribution in [0.15, 0.2) is 0 Å². The highest BCUT2D eigenvalue weighted by Gasteiger charge is 2.42. The average molecular weight is 156 g/mol. The minimum absolute atomic E-state index is 0.274. The number of rotatable bonds is 3. The van der Waals surface area contributed by atoms with Crippen molar-refractivity contribution in [2.45, 2.75) is 52.1 Å². The summed E-state index contributed by atoms with van der Waals surface area (Å²) in [6, 6.07) is 0. The summed E-state index contributed by atoms with van der Waals surface area (Å²) in [6.07, 6.45) is 4.19. The molecule has 0 radical (unpaired) electrons. The van der Waals surface area contributed by atoms with E-state index in [4.69, 9.17) is 0 Å². The third kappa shape index (κ3) is 1.96. The van der Waals surface area contributed by atoms with Crippen molar-refractivity contribution in [3.8, 4) is 0 Å². The molecule has 1 fully saturated rings. The van der Waals surface area contributed by atoms with Gasteiger partial charge in [0.25, 0.3) is 0 Å². The first-order valence-corrected chi connectivity index (χ1v) is 4.80. The first-order chi connectivity index (χ1) is 5.07. The van der Waals surface area contributed by atoms with Crippen LogP contribution in [0.5, 0.6) is 0 Å². The standard InChI is InChI=1S/C10H20O/c1-4-5-10(11)6-9(7-10)8(2)3/h8-9,11H,4-7H2,1-3H3. The Hall–Kier alpha value is -0.0400. The zero-order valence-electron chi connectivity index (χ0n) is 7.93. The van der Waals surface area contributed by atoms with Gasteiger partial charge in [-0.3, -0.25) is 0 Å². The molecule has 1 saturated carbocycles. The Morgan fingerprint density at radius 2 is 2.00 bits per heavy atom. The van der Waals surface area contributed by atoms with Gasteiger partial charge in [-0.15, -0.1) is 0 Å². The van der Waals surface area contributed by atoms with Gasteiger partial charge in [0.1, 0.15) is 0 Å². The van der Waals surface area contributed by atoms with E-state index < -0.39 is 0 Å². The first kappa shape index (κ1) is 9.05. The van der Waals surface area contributed by atoms with Crippen molar-refractivity contribution in [1.29, 1.82) is 0 Å². The summed E-state index contributed by atoms with van der Waals surface area (Å²) >= 11 is 0. The molecule has 1 aliphatic rings. The highest BCUT2D eigenvalue weighted by Crippen LogP contribution is 2.44. The number of hydrogen-bond acceptors (Lipinski definition) is 1. The molecular weight excluding hydrogens is 136 g/mol. The van der Waals surface area contributed by atoms with Gasteiger partial charge in [-0.25, -0.2) is 0 Å². The molecule has 0 amide bonds. The minimum atomic E-state index is -0.274. The van der Waals surface area contributed by atoms with Gasteiger partial charge in [0, 0.05) is 0 Å². The molecule has 0 aromatic heterocycles. The summed E-state index contributed by atoms with van der Waals surface area (Å²) in [5.74, 6) is 1.54. The maximum absolute atomic E-state index is 9.83. The smallest absolute Gasteiger partial charge is 0.0653 e. The van der Waals surface area contributed by atoms with E-state index in [9.17, 15) is 5.11 Å². The SMILES string of the molecule is CCCC1(O)CC(C(C)C)C1. The maximum atomic E-state index is 9.83. The van der Waals surface area contributed by atoms with Gasteiger partial charge in [-0.05, 0) is 31.1 Å². The fraction of sp³-hybridized carbons (Fsp3) is 1.00. The van der Waals surface area contributed by atoms with Crippen molar-refractivity contribution >= 4 is 0 Å². The van der Waals surface area contributed by atoms with Crippen LogP contribution < -0.4 is 0 Å². The monoisotopic (exact) mass is 156 g/mol. The molecule has 1 aliphatic carbocycles. The molecule has 0 aliphatic heterocycles. The highest BCUT2D eigenvalue weighted by molar-refractivity contribution is 4.94. The highest BCUT2D eigenvalue weighted by atomic mass is 16.3. The van der Waals surface area contributed by atoms with E-state index in [0.717, 1.165) is 37.5 Å². The van der Waals surface area contributed by atoms with Crippen LogP contribution in [0.1, 0.15) is 46.5 Å². The third-order valence-electron chi connectivity index (χ3n) is 2.94. The van der Waals surface area contributed by atoms with Crippen LogP contribution in [-0.4, -0.2) is 10.7 Å². The molecule has 0 heterocycles. The Kier molecular flexibility index (Phi) is 2.58. The number of aliphatic hydroxyl groups is 1. The van der Waals surface area contributed by atoms with Gasteiger partial charge >= 0.3 is 0 Å². The Morgan fingerprint density at radius 1 is 1.45 bits per heavy atom. The normalized spacial score (nSPS) is 37.4. The van der Waals surface area contributed by atoms with Crippen LogP contribution in [0.4, 0.5) is 0 Å². The molecule has 0 unspecified atom stereocenters. The van der Waals surface area contributed by atoms with Crippen LogP contribution in [0.25, 0.3) is 0 Å². The average Bonchev–Trinajstić information content (AvgIpc) is 1.82. The second-order valence-corrected chi connectivity index (χ2v) is 4.39. The van der Waals surface area contributed by atoms with Crippen molar-refractivity contribution in [1.82, 2.24) is 0 Å². The van der Waals surface area contributed by atoms with Crippen molar-refractivity contribution in [2.75, 3.05) is 0 Å². The Bertz CT molecular complexity index is 123. The van der Waals surface area contributed by atoms with E-state index in [1.165, 1.54) is 0 Å². The van der Waals surface area contributed by atoms with Gasteiger partial charge in [0.2, 0.25) is 0 Å². The first-order valence-electron chi connectivity index (χ1n) is 4.80. The van der Waals surface area contributed by atoms with Crippen LogP contribution in [0.2, 0.25) is 0 Å². The summed E-state index contributed by atoms with van der Waals surface area (Å²) in [5, 5.41) is 9.83. The van der Waals surface area contributed by atoms with Gasteiger partial charge in [0.05, 0.1) is 5.60 Å². The molecule has 1 N–H and O–H groups in total. The van der Waals surface area contributed by atoms with Crippen molar-refractivity contribution in [2.24, 2.45) is 11.8 Å². The Balaban J connectivity index is 2.26. The zero-order valence-corrected chi connectivity index (χ0v) is 7.93. The molecule has 0 atom stereocenters. The van der Waals surface area contributed by atoms with E-state index in [1.807, 2.05) is 0 Å². The minimum Gasteiger partial charge on any atom is -0.390 e. The summed E-state index contributed by atoms with van der Waals surface area (Å²) in [6.45, 7) is 6.63. The van der Waals surface area contributed by atoms with E-state index in [0.29, 0.717) is 0 Å². The molecule has 66 valence electrons. The molecule has 0 aromatic carbocycles. The zero-order chi connectivity index (χ0) is 8.48. The summed E-state index contributed by atoms with van der Waals surface area (Å²) < 4.78 is 0. The van der Waals surface area contributed by atoms with Crippen LogP contribution in [0, 0.1) is 11.8 Å². The topological polar surface area (TPSA) is 20.2 Å². The lowest BCUT2D eigenvalue weighted by atomic mass is 9.65. The molecule has 1 nitrogen and oxygen atoms in total. The second-order valence-electron chi connectivity index (χ2n) is 4.39. The van der Waals surface area contributed by atoms with E-state index >= 15 is 0 Å².